The number of fused-ring (bicyclic) bond motifs is 1. The maximum atomic E-state index is 9.69. The largest absolute Gasteiger partial charge is 0.384 e. The van der Waals surface area contributed by atoms with Gasteiger partial charge in [0, 0.05) is 0 Å². The van der Waals surface area contributed by atoms with Crippen molar-refractivity contribution in [2.45, 2.75) is 40.8 Å². The number of H-pyrrole nitrogens is 1. The van der Waals surface area contributed by atoms with E-state index in [4.69, 9.17) is 0 Å². The van der Waals surface area contributed by atoms with Gasteiger partial charge >= 0.3 is 0 Å². The van der Waals surface area contributed by atoms with Crippen molar-refractivity contribution in [3.63, 3.8) is 0 Å². The fraction of sp³-hybridized carbons (Fsp3) is 0.316. The van der Waals surface area contributed by atoms with Crippen molar-refractivity contribution in [1.82, 2.24) is 4.98 Å². The van der Waals surface area contributed by atoms with Crippen LogP contribution < -0.4 is 4.57 Å². The molecule has 3 heteroatoms. The SMILES string of the molecule is Cc1cc(C)c(C)c(C[n+]2c(CO)[nH]c3ccccc32)c1C. The number of hydrogen-bond acceptors (Lipinski definition) is 1. The lowest BCUT2D eigenvalue weighted by Gasteiger charge is -2.14. The summed E-state index contributed by atoms with van der Waals surface area (Å²) in [6.07, 6.45) is 0. The lowest BCUT2D eigenvalue weighted by atomic mass is 9.94. The summed E-state index contributed by atoms with van der Waals surface area (Å²) in [7, 11) is 0. The van der Waals surface area contributed by atoms with Crippen LogP contribution in [0.1, 0.15) is 33.6 Å². The third-order valence-corrected chi connectivity index (χ3v) is 4.79. The Bertz CT molecular complexity index is 820. The number of benzene rings is 2. The summed E-state index contributed by atoms with van der Waals surface area (Å²) in [6.45, 7) is 9.49. The minimum Gasteiger partial charge on any atom is -0.384 e. The predicted molar refractivity (Wildman–Crippen MR) is 88.9 cm³/mol. The Hall–Kier alpha value is -2.13. The summed E-state index contributed by atoms with van der Waals surface area (Å²) in [4.78, 5) is 3.32. The van der Waals surface area contributed by atoms with Crippen LogP contribution in [-0.2, 0) is 13.2 Å². The van der Waals surface area contributed by atoms with Gasteiger partial charge in [0.25, 0.3) is 5.82 Å². The molecular formula is C19H23N2O+. The van der Waals surface area contributed by atoms with E-state index >= 15 is 0 Å². The molecule has 0 spiro atoms. The normalized spacial score (nSPS) is 11.3. The standard InChI is InChI=1S/C19H22N2O/c1-12-9-13(2)15(4)16(14(12)3)10-21-18-8-6-5-7-17(18)20-19(21)11-22/h5-9,22H,10-11H2,1-4H3/p+1. The fourth-order valence-corrected chi connectivity index (χ4v) is 3.18. The lowest BCUT2D eigenvalue weighted by molar-refractivity contribution is -0.672. The highest BCUT2D eigenvalue weighted by molar-refractivity contribution is 5.71. The molecule has 114 valence electrons. The molecule has 1 heterocycles. The summed E-state index contributed by atoms with van der Waals surface area (Å²) in [5.74, 6) is 0.846. The van der Waals surface area contributed by atoms with E-state index in [2.05, 4.69) is 49.4 Å². The first-order valence-electron chi connectivity index (χ1n) is 7.69. The highest BCUT2D eigenvalue weighted by Gasteiger charge is 2.20. The Morgan fingerprint density at radius 1 is 1.00 bits per heavy atom. The van der Waals surface area contributed by atoms with E-state index < -0.39 is 0 Å². The maximum absolute atomic E-state index is 9.69. The van der Waals surface area contributed by atoms with E-state index in [1.54, 1.807) is 0 Å². The molecule has 2 aromatic carbocycles. The number of rotatable bonds is 3. The molecule has 22 heavy (non-hydrogen) atoms. The van der Waals surface area contributed by atoms with Gasteiger partial charge in [-0.15, -0.1) is 0 Å². The van der Waals surface area contributed by atoms with Gasteiger partial charge < -0.3 is 5.11 Å². The van der Waals surface area contributed by atoms with Crippen LogP contribution >= 0.6 is 0 Å². The van der Waals surface area contributed by atoms with Gasteiger partial charge in [0.15, 0.2) is 11.0 Å². The molecule has 0 amide bonds. The van der Waals surface area contributed by atoms with Crippen LogP contribution in [0.5, 0.6) is 0 Å². The lowest BCUT2D eigenvalue weighted by Crippen LogP contribution is -2.38. The number of para-hydroxylation sites is 2. The molecule has 3 nitrogen and oxygen atoms in total. The van der Waals surface area contributed by atoms with E-state index in [1.165, 1.54) is 27.8 Å². The van der Waals surface area contributed by atoms with Gasteiger partial charge in [0.05, 0.1) is 0 Å². The van der Waals surface area contributed by atoms with Crippen LogP contribution in [0, 0.1) is 27.7 Å². The van der Waals surface area contributed by atoms with Gasteiger partial charge in [0.1, 0.15) is 13.2 Å². The topological polar surface area (TPSA) is 39.9 Å². The number of aliphatic hydroxyl groups excluding tert-OH is 1. The van der Waals surface area contributed by atoms with Gasteiger partial charge in [-0.2, -0.15) is 0 Å². The maximum Gasteiger partial charge on any atom is 0.281 e. The number of aliphatic hydroxyl groups is 1. The predicted octanol–water partition coefficient (Wildman–Crippen LogP) is 3.23. The fourth-order valence-electron chi connectivity index (χ4n) is 3.18. The summed E-state index contributed by atoms with van der Waals surface area (Å²) >= 11 is 0. The quantitative estimate of drug-likeness (QED) is 0.716. The first-order chi connectivity index (χ1) is 10.5. The van der Waals surface area contributed by atoms with Gasteiger partial charge in [-0.05, 0) is 67.6 Å². The van der Waals surface area contributed by atoms with Crippen LogP contribution in [0.3, 0.4) is 0 Å². The number of imidazole rings is 1. The molecule has 0 fully saturated rings. The Balaban J connectivity index is 2.19. The van der Waals surface area contributed by atoms with Crippen molar-refractivity contribution in [3.05, 3.63) is 64.0 Å². The van der Waals surface area contributed by atoms with Crippen molar-refractivity contribution in [1.29, 1.82) is 0 Å². The number of aromatic nitrogens is 2. The number of nitrogens with zero attached hydrogens (tertiary/aromatic N) is 1. The highest BCUT2D eigenvalue weighted by Crippen LogP contribution is 2.22. The van der Waals surface area contributed by atoms with E-state index in [-0.39, 0.29) is 6.61 Å². The van der Waals surface area contributed by atoms with Crippen molar-refractivity contribution in [3.8, 4) is 0 Å². The highest BCUT2D eigenvalue weighted by atomic mass is 16.3. The minimum absolute atomic E-state index is 0.0115. The third kappa shape index (κ3) is 2.32. The first-order valence-corrected chi connectivity index (χ1v) is 7.69. The Morgan fingerprint density at radius 2 is 1.64 bits per heavy atom. The second-order valence-electron chi connectivity index (χ2n) is 6.07. The molecule has 0 unspecified atom stereocenters. The zero-order chi connectivity index (χ0) is 15.9. The van der Waals surface area contributed by atoms with Crippen molar-refractivity contribution in [2.75, 3.05) is 0 Å². The molecule has 0 aliphatic rings. The van der Waals surface area contributed by atoms with Crippen molar-refractivity contribution in [2.24, 2.45) is 0 Å². The van der Waals surface area contributed by atoms with E-state index in [0.29, 0.717) is 0 Å². The molecule has 0 bridgehead atoms. The minimum atomic E-state index is 0.0115. The average molecular weight is 295 g/mol. The summed E-state index contributed by atoms with van der Waals surface area (Å²) in [5, 5.41) is 9.69. The molecule has 3 aromatic rings. The first kappa shape index (κ1) is 14.8. The van der Waals surface area contributed by atoms with Gasteiger partial charge in [-0.25, -0.2) is 9.55 Å². The van der Waals surface area contributed by atoms with Crippen LogP contribution in [0.2, 0.25) is 0 Å². The van der Waals surface area contributed by atoms with Crippen LogP contribution in [0.25, 0.3) is 11.0 Å². The van der Waals surface area contributed by atoms with Crippen molar-refractivity contribution < 1.29 is 9.67 Å². The van der Waals surface area contributed by atoms with E-state index in [1.807, 2.05) is 18.2 Å². The Kier molecular flexibility index (Phi) is 3.75. The molecule has 0 radical (unpaired) electrons. The molecule has 2 N–H and O–H groups in total. The Labute approximate surface area is 131 Å². The van der Waals surface area contributed by atoms with Gasteiger partial charge in [-0.3, -0.25) is 0 Å². The monoisotopic (exact) mass is 295 g/mol. The molecule has 3 rings (SSSR count). The average Bonchev–Trinajstić information content (AvgIpc) is 2.87. The van der Waals surface area contributed by atoms with Gasteiger partial charge in [0.2, 0.25) is 0 Å². The van der Waals surface area contributed by atoms with E-state index in [0.717, 1.165) is 23.4 Å². The van der Waals surface area contributed by atoms with Crippen LogP contribution in [0.15, 0.2) is 30.3 Å². The second-order valence-corrected chi connectivity index (χ2v) is 6.07. The summed E-state index contributed by atoms with van der Waals surface area (Å²) in [6, 6.07) is 10.4. The summed E-state index contributed by atoms with van der Waals surface area (Å²) in [5.41, 5.74) is 8.86. The second kappa shape index (κ2) is 5.58. The summed E-state index contributed by atoms with van der Waals surface area (Å²) < 4.78 is 2.18. The molecule has 0 aliphatic heterocycles. The molecule has 0 saturated carbocycles. The van der Waals surface area contributed by atoms with E-state index in [9.17, 15) is 5.11 Å². The Morgan fingerprint density at radius 3 is 2.27 bits per heavy atom. The van der Waals surface area contributed by atoms with Crippen LogP contribution in [-0.4, -0.2) is 10.1 Å². The number of aryl methyl sites for hydroxylation is 2. The molecule has 0 atom stereocenters. The molecule has 0 aliphatic carbocycles. The van der Waals surface area contributed by atoms with Gasteiger partial charge in [-0.1, -0.05) is 18.2 Å². The number of nitrogens with one attached hydrogen (secondary N) is 1. The smallest absolute Gasteiger partial charge is 0.281 e. The zero-order valence-corrected chi connectivity index (χ0v) is 13.7. The molecule has 1 aromatic heterocycles. The third-order valence-electron chi connectivity index (χ3n) is 4.79. The zero-order valence-electron chi connectivity index (χ0n) is 13.7. The number of hydrogen-bond donors (Lipinski definition) is 2. The van der Waals surface area contributed by atoms with Crippen molar-refractivity contribution >= 4 is 11.0 Å². The number of aromatic amines is 1. The molecule has 0 saturated heterocycles. The van der Waals surface area contributed by atoms with Crippen LogP contribution in [0.4, 0.5) is 0 Å². The molecular weight excluding hydrogens is 272 g/mol.